The Balaban J connectivity index is 1.92. The van der Waals surface area contributed by atoms with Gasteiger partial charge in [0, 0.05) is 7.11 Å². The maximum atomic E-state index is 12.1. The highest BCUT2D eigenvalue weighted by Crippen LogP contribution is 2.25. The van der Waals surface area contributed by atoms with Crippen LogP contribution in [0.1, 0.15) is 6.04 Å². The Morgan fingerprint density at radius 2 is 2.19 bits per heavy atom. The van der Waals surface area contributed by atoms with Crippen LogP contribution in [0.4, 0.5) is 5.95 Å². The summed E-state index contributed by atoms with van der Waals surface area (Å²) in [7, 11) is 2.78. The van der Waals surface area contributed by atoms with Gasteiger partial charge < -0.3 is 19.6 Å². The Morgan fingerprint density at radius 3 is 2.88 bits per heavy atom. The van der Waals surface area contributed by atoms with E-state index in [4.69, 9.17) is 19.6 Å². The molecule has 0 saturated heterocycles. The van der Waals surface area contributed by atoms with Crippen LogP contribution >= 0.6 is 0 Å². The summed E-state index contributed by atoms with van der Waals surface area (Å²) in [4.78, 5) is 20.9. The molecule has 0 amide bonds. The van der Waals surface area contributed by atoms with Crippen LogP contribution in [-0.2, 0) is 14.3 Å². The van der Waals surface area contributed by atoms with Gasteiger partial charge in [0.05, 0.1) is 31.6 Å². The summed E-state index contributed by atoms with van der Waals surface area (Å²) in [6.07, 6.45) is 3.07. The minimum Gasteiger partial charge on any atom is -0.467 e. The van der Waals surface area contributed by atoms with Gasteiger partial charge in [-0.1, -0.05) is 0 Å². The van der Waals surface area contributed by atoms with Gasteiger partial charge >= 0.3 is 5.97 Å². The van der Waals surface area contributed by atoms with Crippen LogP contribution in [0.5, 0.6) is 0 Å². The highest BCUT2D eigenvalue weighted by atomic mass is 16.5. The zero-order valence-corrected chi connectivity index (χ0v) is 14.0. The fraction of sp³-hybridized carbons (Fsp3) is 0.267. The number of rotatable bonds is 5. The van der Waals surface area contributed by atoms with Crippen LogP contribution in [0.15, 0.2) is 29.0 Å². The molecule has 1 atom stereocenters. The first-order chi connectivity index (χ1) is 12.6. The number of hydrogen-bond donors (Lipinski definition) is 1. The summed E-state index contributed by atoms with van der Waals surface area (Å²) in [5.41, 5.74) is 6.86. The Bertz CT molecular complexity index is 1080. The number of nitrogen functional groups attached to an aromatic ring is 1. The molecule has 0 aliphatic rings. The third-order valence-corrected chi connectivity index (χ3v) is 3.89. The molecule has 11 heteroatoms. The molecule has 4 aromatic rings. The van der Waals surface area contributed by atoms with E-state index in [0.717, 1.165) is 0 Å². The third-order valence-electron chi connectivity index (χ3n) is 3.89. The lowest BCUT2D eigenvalue weighted by molar-refractivity contribution is -0.146. The molecular formula is C15H15N7O4. The number of anilines is 1. The number of esters is 1. The van der Waals surface area contributed by atoms with Gasteiger partial charge in [-0.25, -0.2) is 14.5 Å². The number of nitrogens with two attached hydrogens (primary N) is 1. The van der Waals surface area contributed by atoms with Crippen molar-refractivity contribution in [2.45, 2.75) is 6.04 Å². The number of aromatic nitrogens is 6. The maximum Gasteiger partial charge on any atom is 0.333 e. The lowest BCUT2D eigenvalue weighted by Gasteiger charge is -2.14. The lowest BCUT2D eigenvalue weighted by atomic mass is 10.3. The van der Waals surface area contributed by atoms with Crippen molar-refractivity contribution in [3.05, 3.63) is 24.6 Å². The Labute approximate surface area is 146 Å². The molecule has 1 unspecified atom stereocenters. The van der Waals surface area contributed by atoms with Crippen LogP contribution in [0.3, 0.4) is 0 Å². The Morgan fingerprint density at radius 1 is 1.35 bits per heavy atom. The van der Waals surface area contributed by atoms with Crippen molar-refractivity contribution in [2.24, 2.45) is 0 Å². The minimum atomic E-state index is -0.802. The summed E-state index contributed by atoms with van der Waals surface area (Å²) in [6, 6.07) is 2.68. The number of carbonyl (C=O) groups excluding carboxylic acids is 1. The number of ether oxygens (including phenoxy) is 2. The van der Waals surface area contributed by atoms with E-state index in [1.54, 1.807) is 18.3 Å². The number of hydrogen-bond acceptors (Lipinski definition) is 9. The number of fused-ring (bicyclic) bond motifs is 3. The van der Waals surface area contributed by atoms with Crippen molar-refractivity contribution in [3.8, 4) is 11.6 Å². The highest BCUT2D eigenvalue weighted by molar-refractivity contribution is 5.91. The molecule has 0 fully saturated rings. The molecule has 0 aromatic carbocycles. The van der Waals surface area contributed by atoms with Crippen LogP contribution in [0, 0.1) is 0 Å². The van der Waals surface area contributed by atoms with Gasteiger partial charge in [-0.15, -0.1) is 5.10 Å². The zero-order valence-electron chi connectivity index (χ0n) is 14.0. The van der Waals surface area contributed by atoms with E-state index in [9.17, 15) is 4.79 Å². The van der Waals surface area contributed by atoms with Crippen molar-refractivity contribution in [1.82, 2.24) is 29.4 Å². The van der Waals surface area contributed by atoms with Crippen LogP contribution in [-0.4, -0.2) is 56.2 Å². The van der Waals surface area contributed by atoms with Crippen molar-refractivity contribution in [1.29, 1.82) is 0 Å². The topological polar surface area (TPSA) is 136 Å². The maximum absolute atomic E-state index is 12.1. The average molecular weight is 357 g/mol. The van der Waals surface area contributed by atoms with Crippen LogP contribution in [0.25, 0.3) is 28.3 Å². The fourth-order valence-corrected chi connectivity index (χ4v) is 2.70. The first-order valence-corrected chi connectivity index (χ1v) is 7.64. The Kier molecular flexibility index (Phi) is 3.77. The van der Waals surface area contributed by atoms with Crippen molar-refractivity contribution in [3.63, 3.8) is 0 Å². The van der Waals surface area contributed by atoms with Gasteiger partial charge in [0.15, 0.2) is 23.1 Å². The van der Waals surface area contributed by atoms with E-state index >= 15 is 0 Å². The van der Waals surface area contributed by atoms with E-state index in [1.807, 2.05) is 0 Å². The monoisotopic (exact) mass is 357 g/mol. The van der Waals surface area contributed by atoms with E-state index < -0.39 is 12.0 Å². The lowest BCUT2D eigenvalue weighted by Crippen LogP contribution is -2.26. The SMILES string of the molecule is COCC(C(=O)OC)n1ncc2c1nc(N)n1nc(-c3ccco3)nc21. The molecule has 0 spiro atoms. The smallest absolute Gasteiger partial charge is 0.333 e. The molecule has 11 nitrogen and oxygen atoms in total. The number of furan rings is 1. The molecular weight excluding hydrogens is 342 g/mol. The van der Waals surface area contributed by atoms with Gasteiger partial charge in [-0.2, -0.15) is 14.6 Å². The molecule has 26 heavy (non-hydrogen) atoms. The largest absolute Gasteiger partial charge is 0.467 e. The molecule has 2 N–H and O–H groups in total. The summed E-state index contributed by atoms with van der Waals surface area (Å²) in [6.45, 7) is 0.0700. The quantitative estimate of drug-likeness (QED) is 0.511. The number of carbonyl (C=O) groups is 1. The van der Waals surface area contributed by atoms with Gasteiger partial charge in [-0.3, -0.25) is 0 Å². The van der Waals surface area contributed by atoms with E-state index in [-0.39, 0.29) is 12.6 Å². The molecule has 0 bridgehead atoms. The van der Waals surface area contributed by atoms with E-state index in [1.165, 1.54) is 29.7 Å². The normalized spacial score (nSPS) is 12.7. The second kappa shape index (κ2) is 6.11. The predicted octanol–water partition coefficient (Wildman–Crippen LogP) is 0.677. The first-order valence-electron chi connectivity index (χ1n) is 7.64. The zero-order chi connectivity index (χ0) is 18.3. The van der Waals surface area contributed by atoms with Gasteiger partial charge in [0.1, 0.15) is 0 Å². The minimum absolute atomic E-state index is 0.0700. The summed E-state index contributed by atoms with van der Waals surface area (Å²) in [5, 5.41) is 9.16. The fourth-order valence-electron chi connectivity index (χ4n) is 2.70. The molecule has 0 aliphatic heterocycles. The standard InChI is InChI=1S/C15H15N7O4/c1-24-7-9(14(23)25-2)21-13-8(6-17-21)12-18-11(10-4-3-5-26-10)20-22(12)15(16)19-13/h3-6,9H,7H2,1-2H3,(H2,16,19). The van der Waals surface area contributed by atoms with Crippen LogP contribution < -0.4 is 5.73 Å². The molecule has 0 aliphatic carbocycles. The molecule has 0 saturated carbocycles. The molecule has 4 rings (SSSR count). The molecule has 134 valence electrons. The second-order valence-corrected chi connectivity index (χ2v) is 5.44. The van der Waals surface area contributed by atoms with E-state index in [2.05, 4.69) is 20.2 Å². The van der Waals surface area contributed by atoms with E-state index in [0.29, 0.717) is 28.3 Å². The van der Waals surface area contributed by atoms with Gasteiger partial charge in [-0.05, 0) is 12.1 Å². The van der Waals surface area contributed by atoms with Crippen LogP contribution in [0.2, 0.25) is 0 Å². The van der Waals surface area contributed by atoms with Crippen molar-refractivity contribution >= 4 is 28.6 Å². The Hall–Kier alpha value is -3.47. The molecule has 4 heterocycles. The average Bonchev–Trinajstić information content (AvgIpc) is 3.36. The number of nitrogens with zero attached hydrogens (tertiary/aromatic N) is 6. The van der Waals surface area contributed by atoms with Crippen molar-refractivity contribution in [2.75, 3.05) is 26.6 Å². The third kappa shape index (κ3) is 2.37. The van der Waals surface area contributed by atoms with Crippen molar-refractivity contribution < 1.29 is 18.7 Å². The van der Waals surface area contributed by atoms with Gasteiger partial charge in [0.2, 0.25) is 11.8 Å². The predicted molar refractivity (Wildman–Crippen MR) is 89.1 cm³/mol. The first kappa shape index (κ1) is 16.0. The summed E-state index contributed by atoms with van der Waals surface area (Å²) >= 11 is 0. The summed E-state index contributed by atoms with van der Waals surface area (Å²) < 4.78 is 18.1. The summed E-state index contributed by atoms with van der Waals surface area (Å²) in [5.74, 6) is 0.459. The number of methoxy groups -OCH3 is 2. The van der Waals surface area contributed by atoms with Gasteiger partial charge in [0.25, 0.3) is 0 Å². The molecule has 0 radical (unpaired) electrons. The molecule has 4 aromatic heterocycles. The highest BCUT2D eigenvalue weighted by Gasteiger charge is 2.26. The second-order valence-electron chi connectivity index (χ2n) is 5.44.